The number of hydrogen-bond acceptors (Lipinski definition) is 4. The standard InChI is InChI=1S/C19H19BrN2O3S/c1-4-5-21-19(23)16-9-17-18(15(20)11-26-17)22(16)10-12-6-13(24-2)8-14(7-12)25-3/h4,6-9,11H,1,5,10H2,2-3H3,(H,21,23). The predicted molar refractivity (Wildman–Crippen MR) is 109 cm³/mol. The molecular weight excluding hydrogens is 416 g/mol. The van der Waals surface area contributed by atoms with Gasteiger partial charge in [-0.2, -0.15) is 0 Å². The van der Waals surface area contributed by atoms with Crippen LogP contribution in [0.5, 0.6) is 11.5 Å². The average molecular weight is 435 g/mol. The SMILES string of the molecule is C=CCNC(=O)c1cc2scc(Br)c2n1Cc1cc(OC)cc(OC)c1. The molecule has 1 amide bonds. The van der Waals surface area contributed by atoms with E-state index in [1.807, 2.05) is 34.2 Å². The minimum absolute atomic E-state index is 0.130. The first kappa shape index (κ1) is 18.5. The minimum atomic E-state index is -0.130. The number of fused-ring (bicyclic) bond motifs is 1. The van der Waals surface area contributed by atoms with E-state index in [2.05, 4.69) is 27.8 Å². The van der Waals surface area contributed by atoms with Gasteiger partial charge in [0.25, 0.3) is 5.91 Å². The van der Waals surface area contributed by atoms with Crippen molar-refractivity contribution in [1.82, 2.24) is 9.88 Å². The van der Waals surface area contributed by atoms with Crippen molar-refractivity contribution in [2.24, 2.45) is 0 Å². The Morgan fingerprint density at radius 2 is 1.96 bits per heavy atom. The maximum atomic E-state index is 12.6. The van der Waals surface area contributed by atoms with Crippen LogP contribution >= 0.6 is 27.3 Å². The molecule has 0 spiro atoms. The number of methoxy groups -OCH3 is 2. The molecule has 0 bridgehead atoms. The second-order valence-corrected chi connectivity index (χ2v) is 7.40. The fourth-order valence-corrected chi connectivity index (χ4v) is 4.47. The number of thiophene rings is 1. The zero-order valence-electron chi connectivity index (χ0n) is 14.5. The summed E-state index contributed by atoms with van der Waals surface area (Å²) in [5, 5.41) is 4.88. The first-order valence-electron chi connectivity index (χ1n) is 7.94. The van der Waals surface area contributed by atoms with E-state index in [-0.39, 0.29) is 5.91 Å². The van der Waals surface area contributed by atoms with Gasteiger partial charge in [-0.3, -0.25) is 4.79 Å². The highest BCUT2D eigenvalue weighted by atomic mass is 79.9. The minimum Gasteiger partial charge on any atom is -0.497 e. The van der Waals surface area contributed by atoms with E-state index in [4.69, 9.17) is 9.47 Å². The Bertz CT molecular complexity index is 939. The summed E-state index contributed by atoms with van der Waals surface area (Å²) in [6.07, 6.45) is 1.66. The van der Waals surface area contributed by atoms with Gasteiger partial charge in [-0.1, -0.05) is 6.08 Å². The number of hydrogen-bond donors (Lipinski definition) is 1. The lowest BCUT2D eigenvalue weighted by atomic mass is 10.2. The third-order valence-electron chi connectivity index (χ3n) is 3.97. The molecular formula is C19H19BrN2O3S. The molecule has 0 unspecified atom stereocenters. The van der Waals surface area contributed by atoms with Gasteiger partial charge in [-0.15, -0.1) is 17.9 Å². The van der Waals surface area contributed by atoms with E-state index in [1.54, 1.807) is 31.6 Å². The number of nitrogens with one attached hydrogen (secondary N) is 1. The number of halogens is 1. The van der Waals surface area contributed by atoms with Gasteiger partial charge in [0.1, 0.15) is 17.2 Å². The molecule has 136 valence electrons. The van der Waals surface area contributed by atoms with Crippen molar-refractivity contribution < 1.29 is 14.3 Å². The maximum absolute atomic E-state index is 12.6. The number of aromatic nitrogens is 1. The monoisotopic (exact) mass is 434 g/mol. The van der Waals surface area contributed by atoms with Gasteiger partial charge in [-0.05, 0) is 39.7 Å². The van der Waals surface area contributed by atoms with Gasteiger partial charge >= 0.3 is 0 Å². The predicted octanol–water partition coefficient (Wildman–Crippen LogP) is 4.45. The summed E-state index contributed by atoms with van der Waals surface area (Å²) in [5.41, 5.74) is 2.59. The van der Waals surface area contributed by atoms with Crippen LogP contribution in [0.2, 0.25) is 0 Å². The molecule has 0 radical (unpaired) electrons. The molecule has 0 atom stereocenters. The molecule has 2 heterocycles. The van der Waals surface area contributed by atoms with Crippen LogP contribution in [0.15, 0.2) is 46.8 Å². The smallest absolute Gasteiger partial charge is 0.268 e. The Labute approximate surface area is 164 Å². The highest BCUT2D eigenvalue weighted by molar-refractivity contribution is 9.10. The third kappa shape index (κ3) is 3.64. The summed E-state index contributed by atoms with van der Waals surface area (Å²) in [6, 6.07) is 7.63. The highest BCUT2D eigenvalue weighted by Gasteiger charge is 2.19. The maximum Gasteiger partial charge on any atom is 0.268 e. The number of carbonyl (C=O) groups is 1. The van der Waals surface area contributed by atoms with E-state index < -0.39 is 0 Å². The van der Waals surface area contributed by atoms with Gasteiger partial charge < -0.3 is 19.4 Å². The second-order valence-electron chi connectivity index (χ2n) is 5.63. The molecule has 5 nitrogen and oxygen atoms in total. The van der Waals surface area contributed by atoms with Gasteiger partial charge in [-0.25, -0.2) is 0 Å². The number of ether oxygens (including phenoxy) is 2. The molecule has 26 heavy (non-hydrogen) atoms. The third-order valence-corrected chi connectivity index (χ3v) is 5.80. The molecule has 0 saturated heterocycles. The quantitative estimate of drug-likeness (QED) is 0.558. The van der Waals surface area contributed by atoms with E-state index in [9.17, 15) is 4.79 Å². The van der Waals surface area contributed by atoms with Crippen LogP contribution < -0.4 is 14.8 Å². The molecule has 0 aliphatic heterocycles. The normalized spacial score (nSPS) is 10.7. The van der Waals surface area contributed by atoms with E-state index in [0.717, 1.165) is 20.3 Å². The zero-order chi connectivity index (χ0) is 18.7. The molecule has 0 saturated carbocycles. The van der Waals surface area contributed by atoms with E-state index in [0.29, 0.717) is 30.3 Å². The van der Waals surface area contributed by atoms with Gasteiger partial charge in [0.05, 0.1) is 28.9 Å². The Morgan fingerprint density at radius 3 is 2.58 bits per heavy atom. The summed E-state index contributed by atoms with van der Waals surface area (Å²) < 4.78 is 14.7. The van der Waals surface area contributed by atoms with Crippen LogP contribution in [0.4, 0.5) is 0 Å². The Morgan fingerprint density at radius 1 is 1.27 bits per heavy atom. The lowest BCUT2D eigenvalue weighted by Crippen LogP contribution is -2.26. The summed E-state index contributed by atoms with van der Waals surface area (Å²) in [4.78, 5) is 12.6. The van der Waals surface area contributed by atoms with Crippen molar-refractivity contribution in [2.75, 3.05) is 20.8 Å². The van der Waals surface area contributed by atoms with Gasteiger partial charge in [0.15, 0.2) is 0 Å². The van der Waals surface area contributed by atoms with Crippen LogP contribution in [-0.2, 0) is 6.54 Å². The summed E-state index contributed by atoms with van der Waals surface area (Å²) in [7, 11) is 3.24. The number of amides is 1. The van der Waals surface area contributed by atoms with Gasteiger partial charge in [0.2, 0.25) is 0 Å². The molecule has 3 rings (SSSR count). The van der Waals surface area contributed by atoms with Crippen molar-refractivity contribution >= 4 is 43.4 Å². The molecule has 0 fully saturated rings. The first-order chi connectivity index (χ1) is 12.6. The number of carbonyl (C=O) groups excluding carboxylic acids is 1. The number of nitrogens with zero attached hydrogens (tertiary/aromatic N) is 1. The largest absolute Gasteiger partial charge is 0.497 e. The molecule has 0 aliphatic rings. The van der Waals surface area contributed by atoms with Crippen molar-refractivity contribution in [3.8, 4) is 11.5 Å². The lowest BCUT2D eigenvalue weighted by Gasteiger charge is -2.13. The van der Waals surface area contributed by atoms with Crippen molar-refractivity contribution in [3.05, 3.63) is 58.0 Å². The van der Waals surface area contributed by atoms with Crippen molar-refractivity contribution in [1.29, 1.82) is 0 Å². The van der Waals surface area contributed by atoms with E-state index in [1.165, 1.54) is 0 Å². The Balaban J connectivity index is 2.07. The van der Waals surface area contributed by atoms with Crippen LogP contribution in [0.25, 0.3) is 10.2 Å². The Hall–Kier alpha value is -2.25. The molecule has 3 aromatic rings. The highest BCUT2D eigenvalue weighted by Crippen LogP contribution is 2.34. The topological polar surface area (TPSA) is 52.5 Å². The Kier molecular flexibility index (Phi) is 5.68. The van der Waals surface area contributed by atoms with Crippen LogP contribution in [0, 0.1) is 0 Å². The van der Waals surface area contributed by atoms with Crippen LogP contribution in [0.3, 0.4) is 0 Å². The van der Waals surface area contributed by atoms with E-state index >= 15 is 0 Å². The molecule has 1 aromatic carbocycles. The summed E-state index contributed by atoms with van der Waals surface area (Å²) in [5.74, 6) is 1.30. The first-order valence-corrected chi connectivity index (χ1v) is 9.62. The van der Waals surface area contributed by atoms with Gasteiger partial charge in [0, 0.05) is 24.5 Å². The molecule has 7 heteroatoms. The zero-order valence-corrected chi connectivity index (χ0v) is 16.9. The summed E-state index contributed by atoms with van der Waals surface area (Å²) in [6.45, 7) is 4.59. The fourth-order valence-electron chi connectivity index (χ4n) is 2.78. The average Bonchev–Trinajstić information content (AvgIpc) is 3.19. The lowest BCUT2D eigenvalue weighted by molar-refractivity contribution is 0.0949. The second kappa shape index (κ2) is 7.97. The fraction of sp³-hybridized carbons (Fsp3) is 0.211. The van der Waals surface area contributed by atoms with Crippen molar-refractivity contribution in [3.63, 3.8) is 0 Å². The van der Waals surface area contributed by atoms with Crippen molar-refractivity contribution in [2.45, 2.75) is 6.54 Å². The number of benzene rings is 1. The molecule has 2 aromatic heterocycles. The van der Waals surface area contributed by atoms with Crippen LogP contribution in [0.1, 0.15) is 16.1 Å². The van der Waals surface area contributed by atoms with Crippen LogP contribution in [-0.4, -0.2) is 31.2 Å². The summed E-state index contributed by atoms with van der Waals surface area (Å²) >= 11 is 5.19. The number of rotatable bonds is 7. The molecule has 1 N–H and O–H groups in total. The molecule has 0 aliphatic carbocycles.